The summed E-state index contributed by atoms with van der Waals surface area (Å²) in [4.78, 5) is 43.9. The molecule has 0 aromatic carbocycles. The van der Waals surface area contributed by atoms with E-state index in [2.05, 4.69) is 21.7 Å². The molecule has 0 saturated heterocycles. The van der Waals surface area contributed by atoms with Crippen molar-refractivity contribution in [3.05, 3.63) is 6.92 Å². The molecule has 1 amide bonds. The molecule has 0 fully saturated rings. The van der Waals surface area contributed by atoms with Gasteiger partial charge in [-0.05, 0) is 13.3 Å². The third-order valence-corrected chi connectivity index (χ3v) is 1.79. The Bertz CT molecular complexity index is 293. The molecule has 0 rings (SSSR count). The Morgan fingerprint density at radius 1 is 1.11 bits per heavy atom. The molecule has 0 heterocycles. The normalized spacial score (nSPS) is 9.39. The smallest absolute Gasteiger partial charge is 0.400 e. The zero-order valence-electron chi connectivity index (χ0n) is 10.2. The minimum Gasteiger partial charge on any atom is -0.460 e. The maximum Gasteiger partial charge on any atom is 0.400 e. The molecule has 0 aliphatic rings. The predicted octanol–water partition coefficient (Wildman–Crippen LogP) is -0.608. The molecule has 0 bridgehead atoms. The molecule has 1 N–H and O–H groups in total. The van der Waals surface area contributed by atoms with E-state index in [0.29, 0.717) is 0 Å². The summed E-state index contributed by atoms with van der Waals surface area (Å²) < 4.78 is 8.84. The molecule has 100 valence electrons. The van der Waals surface area contributed by atoms with Crippen molar-refractivity contribution < 1.29 is 28.7 Å². The summed E-state index contributed by atoms with van der Waals surface area (Å²) in [7, 11) is 0. The van der Waals surface area contributed by atoms with Crippen LogP contribution in [0.2, 0.25) is 0 Å². The lowest BCUT2D eigenvalue weighted by Crippen LogP contribution is -2.33. The molecule has 0 spiro atoms. The van der Waals surface area contributed by atoms with Crippen molar-refractivity contribution in [1.82, 2.24) is 5.32 Å². The average Bonchev–Trinajstić information content (AvgIpc) is 2.34. The quantitative estimate of drug-likeness (QED) is 0.283. The van der Waals surface area contributed by atoms with Gasteiger partial charge in [0, 0.05) is 13.0 Å². The average molecular weight is 258 g/mol. The largest absolute Gasteiger partial charge is 0.460 e. The summed E-state index contributed by atoms with van der Waals surface area (Å²) in [5.74, 6) is -3.48. The number of Topliss-reactive ketones (excluding diaryl/α,β-unsaturated/α-hetero) is 1. The lowest BCUT2D eigenvalue weighted by atomic mass is 10.2. The van der Waals surface area contributed by atoms with Crippen LogP contribution >= 0.6 is 0 Å². The van der Waals surface area contributed by atoms with E-state index in [9.17, 15) is 19.2 Å². The highest BCUT2D eigenvalue weighted by atomic mass is 16.5. The van der Waals surface area contributed by atoms with Crippen LogP contribution in [-0.4, -0.2) is 43.4 Å². The van der Waals surface area contributed by atoms with Crippen molar-refractivity contribution >= 4 is 23.6 Å². The number of hydrogen-bond donors (Lipinski definition) is 1. The predicted molar refractivity (Wildman–Crippen MR) is 60.2 cm³/mol. The highest BCUT2D eigenvalue weighted by molar-refractivity contribution is 6.33. The first-order valence-corrected chi connectivity index (χ1v) is 5.47. The summed E-state index contributed by atoms with van der Waals surface area (Å²) in [6.07, 6.45) is 0.185. The Balaban J connectivity index is 3.73. The van der Waals surface area contributed by atoms with Crippen LogP contribution in [0.5, 0.6) is 0 Å². The van der Waals surface area contributed by atoms with Crippen LogP contribution in [0.15, 0.2) is 0 Å². The fourth-order valence-electron chi connectivity index (χ4n) is 0.995. The number of hydrogen-bond acceptors (Lipinski definition) is 6. The number of ether oxygens (including phenoxy) is 2. The summed E-state index contributed by atoms with van der Waals surface area (Å²) in [6.45, 7) is 4.94. The van der Waals surface area contributed by atoms with Gasteiger partial charge in [-0.25, -0.2) is 9.59 Å². The van der Waals surface area contributed by atoms with Crippen molar-refractivity contribution in [3.8, 4) is 0 Å². The minimum atomic E-state index is -1.03. The van der Waals surface area contributed by atoms with Crippen molar-refractivity contribution in [2.75, 3.05) is 19.8 Å². The number of esters is 2. The number of carbonyl (C=O) groups excluding carboxylic acids is 4. The second-order valence-electron chi connectivity index (χ2n) is 3.14. The molecule has 0 aliphatic carbocycles. The fraction of sp³-hybridized carbons (Fsp3) is 0.545. The molecule has 7 nitrogen and oxygen atoms in total. The highest BCUT2D eigenvalue weighted by Gasteiger charge is 2.16. The number of nitrogens with one attached hydrogen (secondary N) is 1. The fourth-order valence-corrected chi connectivity index (χ4v) is 0.995. The van der Waals surface area contributed by atoms with Crippen molar-refractivity contribution in [1.29, 1.82) is 0 Å². The van der Waals surface area contributed by atoms with Crippen LogP contribution in [-0.2, 0) is 28.7 Å². The van der Waals surface area contributed by atoms with E-state index in [1.807, 2.05) is 0 Å². The van der Waals surface area contributed by atoms with E-state index >= 15 is 0 Å². The molecule has 0 unspecified atom stereocenters. The van der Waals surface area contributed by atoms with Crippen molar-refractivity contribution in [3.63, 3.8) is 0 Å². The number of amides is 1. The highest BCUT2D eigenvalue weighted by Crippen LogP contribution is 1.93. The monoisotopic (exact) mass is 258 g/mol. The zero-order chi connectivity index (χ0) is 14.0. The molecule has 0 atom stereocenters. The second kappa shape index (κ2) is 9.03. The van der Waals surface area contributed by atoms with Gasteiger partial charge in [0.25, 0.3) is 0 Å². The molecular formula is C11H16NO6+. The van der Waals surface area contributed by atoms with E-state index < -0.39 is 23.6 Å². The summed E-state index contributed by atoms with van der Waals surface area (Å²) in [5, 5.41) is 2.25. The third kappa shape index (κ3) is 6.51. The van der Waals surface area contributed by atoms with E-state index in [1.54, 1.807) is 6.92 Å². The standard InChI is InChI=1S/C11H15NO6/c1-3-17-10(15)8(13)6-5-7-12-9(14)11(16)18-4-2/h2-7H2,1H3/p+1. The van der Waals surface area contributed by atoms with E-state index in [-0.39, 0.29) is 32.6 Å². The maximum atomic E-state index is 11.1. The molecular weight excluding hydrogens is 242 g/mol. The van der Waals surface area contributed by atoms with Crippen LogP contribution in [0.3, 0.4) is 0 Å². The molecule has 0 radical (unpaired) electrons. The van der Waals surface area contributed by atoms with Gasteiger partial charge >= 0.3 is 17.8 Å². The Kier molecular flexibility index (Phi) is 8.00. The van der Waals surface area contributed by atoms with Gasteiger partial charge in [-0.3, -0.25) is 9.59 Å². The van der Waals surface area contributed by atoms with Gasteiger partial charge in [-0.1, -0.05) is 0 Å². The molecule has 18 heavy (non-hydrogen) atoms. The van der Waals surface area contributed by atoms with Gasteiger partial charge in [0.15, 0.2) is 0 Å². The lowest BCUT2D eigenvalue weighted by Gasteiger charge is -2.03. The first-order valence-electron chi connectivity index (χ1n) is 5.47. The Hall–Kier alpha value is -2.05. The summed E-state index contributed by atoms with van der Waals surface area (Å²) >= 11 is 0. The van der Waals surface area contributed by atoms with E-state index in [0.717, 1.165) is 0 Å². The molecule has 0 aliphatic heterocycles. The Labute approximate surface area is 105 Å². The van der Waals surface area contributed by atoms with Gasteiger partial charge < -0.3 is 14.8 Å². The summed E-state index contributed by atoms with van der Waals surface area (Å²) in [5.41, 5.74) is 0. The second-order valence-corrected chi connectivity index (χ2v) is 3.14. The van der Waals surface area contributed by atoms with Gasteiger partial charge in [0.05, 0.1) is 6.61 Å². The van der Waals surface area contributed by atoms with Crippen LogP contribution in [0, 0.1) is 6.92 Å². The van der Waals surface area contributed by atoms with Gasteiger partial charge in [-0.15, -0.1) is 0 Å². The molecule has 0 aromatic rings. The topological polar surface area (TPSA) is 98.8 Å². The van der Waals surface area contributed by atoms with Gasteiger partial charge in [0.2, 0.25) is 12.4 Å². The van der Waals surface area contributed by atoms with E-state index in [4.69, 9.17) is 0 Å². The molecule has 7 heteroatoms. The minimum absolute atomic E-state index is 0.0521. The maximum absolute atomic E-state index is 11.1. The molecule has 0 saturated carbocycles. The van der Waals surface area contributed by atoms with Crippen LogP contribution in [0.1, 0.15) is 19.8 Å². The van der Waals surface area contributed by atoms with E-state index in [1.165, 1.54) is 0 Å². The Morgan fingerprint density at radius 3 is 2.33 bits per heavy atom. The first-order chi connectivity index (χ1) is 8.52. The van der Waals surface area contributed by atoms with Gasteiger partial charge in [0.1, 0.15) is 6.92 Å². The summed E-state index contributed by atoms with van der Waals surface area (Å²) in [6, 6.07) is 0. The number of ketones is 1. The third-order valence-electron chi connectivity index (χ3n) is 1.79. The first kappa shape index (κ1) is 16.0. The van der Waals surface area contributed by atoms with Crippen molar-refractivity contribution in [2.24, 2.45) is 0 Å². The number of carbonyl (C=O) groups is 4. The van der Waals surface area contributed by atoms with Gasteiger partial charge in [-0.2, -0.15) is 0 Å². The van der Waals surface area contributed by atoms with Crippen LogP contribution < -0.4 is 5.32 Å². The zero-order valence-corrected chi connectivity index (χ0v) is 10.2. The lowest BCUT2D eigenvalue weighted by molar-refractivity contribution is -0.154. The molecule has 0 aromatic heterocycles. The SMILES string of the molecule is [CH2+]COC(=O)C(=O)NCCCC(=O)C(=O)OCC. The number of rotatable bonds is 7. The van der Waals surface area contributed by atoms with Crippen LogP contribution in [0.4, 0.5) is 0 Å². The Morgan fingerprint density at radius 2 is 1.78 bits per heavy atom. The van der Waals surface area contributed by atoms with Crippen molar-refractivity contribution in [2.45, 2.75) is 19.8 Å². The van der Waals surface area contributed by atoms with Crippen LogP contribution in [0.25, 0.3) is 0 Å².